The van der Waals surface area contributed by atoms with Crippen molar-refractivity contribution in [2.45, 2.75) is 0 Å². The fraction of sp³-hybridized carbons (Fsp3) is 0.118. The van der Waals surface area contributed by atoms with E-state index in [0.29, 0.717) is 0 Å². The van der Waals surface area contributed by atoms with Crippen molar-refractivity contribution in [3.05, 3.63) is 52.2 Å². The molecule has 124 valence electrons. The molecule has 1 heterocycles. The van der Waals surface area contributed by atoms with E-state index in [4.69, 9.17) is 15.9 Å². The predicted octanol–water partition coefficient (Wildman–Crippen LogP) is 2.97. The average Bonchev–Trinajstić information content (AvgIpc) is 2.50. The number of rotatable bonds is 2. The third-order valence-corrected chi connectivity index (χ3v) is 3.72. The summed E-state index contributed by atoms with van der Waals surface area (Å²) in [4.78, 5) is 13.6. The van der Waals surface area contributed by atoms with Crippen LogP contribution < -0.4 is 21.8 Å². The summed E-state index contributed by atoms with van der Waals surface area (Å²) in [5, 5.41) is 0.247. The van der Waals surface area contributed by atoms with Gasteiger partial charge in [0.2, 0.25) is 0 Å². The highest BCUT2D eigenvalue weighted by molar-refractivity contribution is 5.94. The molecule has 0 spiro atoms. The van der Waals surface area contributed by atoms with Crippen molar-refractivity contribution in [3.8, 4) is 11.3 Å². The van der Waals surface area contributed by atoms with E-state index >= 15 is 0 Å². The smallest absolute Gasteiger partial charge is 0.193 e. The molecule has 0 unspecified atom stereocenters. The first kappa shape index (κ1) is 15.8. The van der Waals surface area contributed by atoms with E-state index in [1.54, 1.807) is 0 Å². The first-order valence-corrected chi connectivity index (χ1v) is 7.08. The molecule has 0 radical (unpaired) electrons. The maximum Gasteiger partial charge on any atom is 0.193 e. The molecule has 0 aliphatic heterocycles. The van der Waals surface area contributed by atoms with Crippen LogP contribution in [0.2, 0.25) is 0 Å². The molecule has 1 aromatic heterocycles. The van der Waals surface area contributed by atoms with Crippen LogP contribution in [0.3, 0.4) is 0 Å². The SMILES string of the molecule is CN(C)c1c(F)cc(-c2cc(=O)c3ccc(N)c(N)c3o2)cc1F. The molecule has 0 fully saturated rings. The van der Waals surface area contributed by atoms with E-state index in [9.17, 15) is 13.6 Å². The summed E-state index contributed by atoms with van der Waals surface area (Å²) < 4.78 is 33.9. The van der Waals surface area contributed by atoms with E-state index in [1.807, 2.05) is 0 Å². The van der Waals surface area contributed by atoms with Crippen LogP contribution in [0.5, 0.6) is 0 Å². The van der Waals surface area contributed by atoms with Gasteiger partial charge in [-0.15, -0.1) is 0 Å². The van der Waals surface area contributed by atoms with E-state index in [2.05, 4.69) is 0 Å². The number of hydrogen-bond donors (Lipinski definition) is 2. The minimum absolute atomic E-state index is 0.00732. The highest BCUT2D eigenvalue weighted by atomic mass is 19.1. The Morgan fingerprint density at radius 3 is 2.25 bits per heavy atom. The Balaban J connectivity index is 2.28. The van der Waals surface area contributed by atoms with Crippen LogP contribution in [0, 0.1) is 11.6 Å². The Labute approximate surface area is 136 Å². The molecule has 3 aromatic rings. The lowest BCUT2D eigenvalue weighted by Gasteiger charge is -2.15. The first-order valence-electron chi connectivity index (χ1n) is 7.08. The molecule has 24 heavy (non-hydrogen) atoms. The number of fused-ring (bicyclic) bond motifs is 1. The number of nitrogens with zero attached hydrogens (tertiary/aromatic N) is 1. The van der Waals surface area contributed by atoms with Gasteiger partial charge in [-0.1, -0.05) is 0 Å². The second kappa shape index (κ2) is 5.52. The molecule has 0 saturated heterocycles. The van der Waals surface area contributed by atoms with Crippen LogP contribution in [0.25, 0.3) is 22.3 Å². The van der Waals surface area contributed by atoms with Crippen LogP contribution in [-0.4, -0.2) is 14.1 Å². The van der Waals surface area contributed by atoms with Crippen LogP contribution >= 0.6 is 0 Å². The maximum absolute atomic E-state index is 14.2. The zero-order valence-corrected chi connectivity index (χ0v) is 13.1. The molecule has 2 aromatic carbocycles. The molecular formula is C17H15F2N3O2. The van der Waals surface area contributed by atoms with E-state index in [0.717, 1.165) is 12.1 Å². The van der Waals surface area contributed by atoms with E-state index in [-0.39, 0.29) is 44.8 Å². The summed E-state index contributed by atoms with van der Waals surface area (Å²) in [5.74, 6) is -1.52. The zero-order chi connectivity index (χ0) is 17.6. The van der Waals surface area contributed by atoms with Crippen LogP contribution in [0.1, 0.15) is 0 Å². The molecule has 0 aliphatic rings. The van der Waals surface area contributed by atoms with Gasteiger partial charge >= 0.3 is 0 Å². The summed E-state index contributed by atoms with van der Waals surface area (Å²) in [5.41, 5.74) is 11.6. The third-order valence-electron chi connectivity index (χ3n) is 3.72. The Hall–Kier alpha value is -3.09. The summed E-state index contributed by atoms with van der Waals surface area (Å²) in [7, 11) is 3.06. The van der Waals surface area contributed by atoms with Crippen molar-refractivity contribution >= 4 is 28.0 Å². The Morgan fingerprint density at radius 1 is 1.04 bits per heavy atom. The fourth-order valence-electron chi connectivity index (χ4n) is 2.53. The topological polar surface area (TPSA) is 85.5 Å². The summed E-state index contributed by atoms with van der Waals surface area (Å²) in [6.07, 6.45) is 0. The van der Waals surface area contributed by atoms with Crippen molar-refractivity contribution in [2.24, 2.45) is 0 Å². The van der Waals surface area contributed by atoms with Crippen molar-refractivity contribution in [2.75, 3.05) is 30.5 Å². The lowest BCUT2D eigenvalue weighted by Crippen LogP contribution is -2.13. The van der Waals surface area contributed by atoms with Gasteiger partial charge < -0.3 is 20.8 Å². The molecule has 0 bridgehead atoms. The Bertz CT molecular complexity index is 990. The monoisotopic (exact) mass is 331 g/mol. The molecule has 3 rings (SSSR count). The van der Waals surface area contributed by atoms with Crippen molar-refractivity contribution in [1.82, 2.24) is 0 Å². The zero-order valence-electron chi connectivity index (χ0n) is 13.1. The lowest BCUT2D eigenvalue weighted by molar-refractivity contribution is 0.577. The second-order valence-electron chi connectivity index (χ2n) is 5.60. The molecule has 4 N–H and O–H groups in total. The Kier molecular flexibility index (Phi) is 3.63. The lowest BCUT2D eigenvalue weighted by atomic mass is 10.1. The number of nitrogen functional groups attached to an aromatic ring is 2. The van der Waals surface area contributed by atoms with Gasteiger partial charge in [0.15, 0.2) is 11.0 Å². The number of nitrogens with two attached hydrogens (primary N) is 2. The number of hydrogen-bond acceptors (Lipinski definition) is 5. The third kappa shape index (κ3) is 2.44. The van der Waals surface area contributed by atoms with Gasteiger partial charge in [0.05, 0.1) is 16.8 Å². The molecule has 0 aliphatic carbocycles. The van der Waals surface area contributed by atoms with Crippen LogP contribution in [0.4, 0.5) is 25.8 Å². The second-order valence-corrected chi connectivity index (χ2v) is 5.60. The first-order chi connectivity index (χ1) is 11.3. The van der Waals surface area contributed by atoms with Crippen molar-refractivity contribution < 1.29 is 13.2 Å². The highest BCUT2D eigenvalue weighted by Gasteiger charge is 2.17. The fourth-order valence-corrected chi connectivity index (χ4v) is 2.53. The molecule has 0 saturated carbocycles. The number of anilines is 3. The molecule has 0 atom stereocenters. The van der Waals surface area contributed by atoms with Gasteiger partial charge in [0.25, 0.3) is 0 Å². The molecule has 5 nitrogen and oxygen atoms in total. The van der Waals surface area contributed by atoms with Gasteiger partial charge in [-0.2, -0.15) is 0 Å². The van der Waals surface area contributed by atoms with Crippen LogP contribution in [-0.2, 0) is 0 Å². The number of benzene rings is 2. The van der Waals surface area contributed by atoms with Gasteiger partial charge in [0, 0.05) is 25.7 Å². The van der Waals surface area contributed by atoms with E-state index in [1.165, 1.54) is 37.2 Å². The van der Waals surface area contributed by atoms with Gasteiger partial charge in [0.1, 0.15) is 23.1 Å². The highest BCUT2D eigenvalue weighted by Crippen LogP contribution is 2.32. The summed E-state index contributed by atoms with van der Waals surface area (Å²) >= 11 is 0. The van der Waals surface area contributed by atoms with E-state index < -0.39 is 11.6 Å². The van der Waals surface area contributed by atoms with Crippen molar-refractivity contribution in [3.63, 3.8) is 0 Å². The number of halogens is 2. The normalized spacial score (nSPS) is 11.0. The predicted molar refractivity (Wildman–Crippen MR) is 91.0 cm³/mol. The quantitative estimate of drug-likeness (QED) is 0.705. The van der Waals surface area contributed by atoms with Crippen molar-refractivity contribution in [1.29, 1.82) is 0 Å². The largest absolute Gasteiger partial charge is 0.454 e. The van der Waals surface area contributed by atoms with Crippen LogP contribution in [0.15, 0.2) is 39.5 Å². The summed E-state index contributed by atoms with van der Waals surface area (Å²) in [6.45, 7) is 0. The molecule has 7 heteroatoms. The minimum Gasteiger partial charge on any atom is -0.454 e. The van der Waals surface area contributed by atoms with Gasteiger partial charge in [-0.3, -0.25) is 4.79 Å². The molecule has 0 amide bonds. The minimum atomic E-state index is -0.765. The summed E-state index contributed by atoms with van der Waals surface area (Å²) in [6, 6.07) is 6.37. The average molecular weight is 331 g/mol. The standard InChI is InChI=1S/C17H15F2N3O2/c1-22(2)16-10(18)5-8(6-11(16)19)14-7-13(23)9-3-4-12(20)15(21)17(9)24-14/h3-7H,20-21H2,1-2H3. The maximum atomic E-state index is 14.2. The van der Waals surface area contributed by atoms with Gasteiger partial charge in [-0.05, 0) is 24.3 Å². The van der Waals surface area contributed by atoms with Gasteiger partial charge in [-0.25, -0.2) is 8.78 Å². The molecular weight excluding hydrogens is 316 g/mol. The Morgan fingerprint density at radius 2 is 1.67 bits per heavy atom.